The van der Waals surface area contributed by atoms with Crippen molar-refractivity contribution >= 4 is 59.8 Å². The van der Waals surface area contributed by atoms with Gasteiger partial charge in [-0.25, -0.2) is 0 Å². The molecule has 4 aromatic carbocycles. The summed E-state index contributed by atoms with van der Waals surface area (Å²) in [4.78, 5) is 0. The van der Waals surface area contributed by atoms with Crippen LogP contribution < -0.4 is 0 Å². The lowest BCUT2D eigenvalue weighted by molar-refractivity contribution is 0.616. The Labute approximate surface area is 160 Å². The Kier molecular flexibility index (Phi) is 2.52. The van der Waals surface area contributed by atoms with Crippen LogP contribution in [0.1, 0.15) is 0 Å². The fourth-order valence-corrected chi connectivity index (χ4v) is 4.77. The summed E-state index contributed by atoms with van der Waals surface area (Å²) < 4.78 is 8.12. The molecule has 0 amide bonds. The summed E-state index contributed by atoms with van der Waals surface area (Å²) >= 11 is 0. The van der Waals surface area contributed by atoms with Crippen LogP contribution in [0.4, 0.5) is 0 Å². The molecule has 28 heavy (non-hydrogen) atoms. The second-order valence-corrected chi connectivity index (χ2v) is 7.46. The summed E-state index contributed by atoms with van der Waals surface area (Å²) in [6.45, 7) is 0. The first kappa shape index (κ1) is 14.3. The highest BCUT2D eigenvalue weighted by molar-refractivity contribution is 6.25. The van der Waals surface area contributed by atoms with Crippen molar-refractivity contribution in [1.29, 1.82) is 0 Å². The summed E-state index contributed by atoms with van der Waals surface area (Å²) in [6.07, 6.45) is 1.77. The molecule has 0 unspecified atom stereocenters. The van der Waals surface area contributed by atoms with Gasteiger partial charge in [0.2, 0.25) is 0 Å². The van der Waals surface area contributed by atoms with E-state index in [0.29, 0.717) is 0 Å². The van der Waals surface area contributed by atoms with Gasteiger partial charge < -0.3 is 8.82 Å². The van der Waals surface area contributed by atoms with E-state index in [2.05, 4.69) is 83.3 Å². The second kappa shape index (κ2) is 4.93. The minimum Gasteiger partial charge on any atom is -0.464 e. The van der Waals surface area contributed by atoms with Gasteiger partial charge in [-0.15, -0.1) is 0 Å². The average molecular weight is 357 g/mol. The van der Waals surface area contributed by atoms with E-state index in [1.807, 2.05) is 6.07 Å². The van der Waals surface area contributed by atoms with Crippen molar-refractivity contribution in [3.8, 4) is 0 Å². The third-order valence-corrected chi connectivity index (χ3v) is 6.00. The molecular formula is C26H15NO. The number of para-hydroxylation sites is 1. The zero-order chi connectivity index (χ0) is 18.2. The van der Waals surface area contributed by atoms with E-state index < -0.39 is 0 Å². The molecule has 0 saturated carbocycles. The Hall–Kier alpha value is -3.78. The number of benzene rings is 4. The first-order valence-electron chi connectivity index (χ1n) is 9.53. The van der Waals surface area contributed by atoms with Crippen LogP contribution in [0.2, 0.25) is 0 Å². The van der Waals surface area contributed by atoms with Crippen LogP contribution in [0, 0.1) is 0 Å². The average Bonchev–Trinajstić information content (AvgIpc) is 3.36. The predicted octanol–water partition coefficient (Wildman–Crippen LogP) is 7.30. The van der Waals surface area contributed by atoms with Gasteiger partial charge in [0.25, 0.3) is 0 Å². The fraction of sp³-hybridized carbons (Fsp3) is 0. The zero-order valence-corrected chi connectivity index (χ0v) is 15.0. The second-order valence-electron chi connectivity index (χ2n) is 7.46. The van der Waals surface area contributed by atoms with Crippen molar-refractivity contribution in [2.45, 2.75) is 0 Å². The maximum atomic E-state index is 5.73. The molecular weight excluding hydrogens is 342 g/mol. The fourth-order valence-electron chi connectivity index (χ4n) is 4.77. The van der Waals surface area contributed by atoms with Gasteiger partial charge in [-0.05, 0) is 40.4 Å². The number of furan rings is 1. The van der Waals surface area contributed by atoms with Crippen LogP contribution >= 0.6 is 0 Å². The maximum Gasteiger partial charge on any atom is 0.135 e. The molecule has 7 rings (SSSR count). The molecule has 0 aliphatic carbocycles. The molecule has 0 saturated heterocycles. The van der Waals surface area contributed by atoms with Crippen molar-refractivity contribution in [3.63, 3.8) is 0 Å². The van der Waals surface area contributed by atoms with Gasteiger partial charge in [-0.1, -0.05) is 54.6 Å². The molecule has 2 heteroatoms. The van der Waals surface area contributed by atoms with Crippen molar-refractivity contribution in [3.05, 3.63) is 91.2 Å². The summed E-state index contributed by atoms with van der Waals surface area (Å²) in [7, 11) is 0. The standard InChI is InChI=1S/C26H15NO/c1-3-7-19-16(5-1)9-10-20-21-13-18-11-12-28-25(18)15-23(21)27-22-8-4-2-6-17(22)14-24(27)26(19)20/h1-15H. The van der Waals surface area contributed by atoms with Gasteiger partial charge in [0, 0.05) is 27.6 Å². The van der Waals surface area contributed by atoms with Gasteiger partial charge in [0.15, 0.2) is 0 Å². The van der Waals surface area contributed by atoms with Crippen molar-refractivity contribution in [1.82, 2.24) is 4.40 Å². The van der Waals surface area contributed by atoms with Crippen LogP contribution in [-0.4, -0.2) is 4.40 Å². The number of hydrogen-bond acceptors (Lipinski definition) is 1. The summed E-state index contributed by atoms with van der Waals surface area (Å²) in [5.41, 5.74) is 4.57. The Balaban J connectivity index is 1.92. The van der Waals surface area contributed by atoms with E-state index >= 15 is 0 Å². The number of aromatic nitrogens is 1. The van der Waals surface area contributed by atoms with E-state index in [4.69, 9.17) is 4.42 Å². The predicted molar refractivity (Wildman–Crippen MR) is 117 cm³/mol. The third kappa shape index (κ3) is 1.68. The number of rotatable bonds is 0. The van der Waals surface area contributed by atoms with Crippen molar-refractivity contribution in [2.24, 2.45) is 0 Å². The molecule has 0 aliphatic heterocycles. The normalized spacial score (nSPS) is 12.3. The van der Waals surface area contributed by atoms with Crippen molar-refractivity contribution in [2.75, 3.05) is 0 Å². The largest absolute Gasteiger partial charge is 0.464 e. The number of hydrogen-bond donors (Lipinski definition) is 0. The zero-order valence-electron chi connectivity index (χ0n) is 15.0. The molecule has 0 bridgehead atoms. The quantitative estimate of drug-likeness (QED) is 0.260. The topological polar surface area (TPSA) is 17.6 Å². The molecule has 3 aromatic heterocycles. The van der Waals surface area contributed by atoms with E-state index in [1.54, 1.807) is 6.26 Å². The summed E-state index contributed by atoms with van der Waals surface area (Å²) in [5.74, 6) is 0. The Bertz CT molecular complexity index is 1720. The smallest absolute Gasteiger partial charge is 0.135 e. The first-order chi connectivity index (χ1) is 13.9. The Morgan fingerprint density at radius 1 is 0.536 bits per heavy atom. The van der Waals surface area contributed by atoms with Crippen LogP contribution in [0.25, 0.3) is 59.8 Å². The number of pyridine rings is 1. The van der Waals surface area contributed by atoms with Crippen LogP contribution in [0.5, 0.6) is 0 Å². The number of nitrogens with zero attached hydrogens (tertiary/aromatic N) is 1. The maximum absolute atomic E-state index is 5.73. The molecule has 0 fully saturated rings. The Morgan fingerprint density at radius 2 is 1.39 bits per heavy atom. The molecule has 130 valence electrons. The summed E-state index contributed by atoms with van der Waals surface area (Å²) in [6, 6.07) is 30.6. The highest BCUT2D eigenvalue weighted by Gasteiger charge is 2.15. The molecule has 0 atom stereocenters. The Morgan fingerprint density at radius 3 is 2.36 bits per heavy atom. The van der Waals surface area contributed by atoms with E-state index in [9.17, 15) is 0 Å². The SMILES string of the molecule is c1ccc2c(c1)ccc1c3cc4ccoc4cc3n3c4ccccc4cc3c21. The van der Waals surface area contributed by atoms with E-state index in [0.717, 1.165) is 11.0 Å². The lowest BCUT2D eigenvalue weighted by Crippen LogP contribution is -1.91. The molecule has 2 nitrogen and oxygen atoms in total. The van der Waals surface area contributed by atoms with Gasteiger partial charge in [0.05, 0.1) is 22.8 Å². The van der Waals surface area contributed by atoms with E-state index in [-0.39, 0.29) is 0 Å². The van der Waals surface area contributed by atoms with Gasteiger partial charge in [0.1, 0.15) is 5.58 Å². The number of fused-ring (bicyclic) bond motifs is 11. The van der Waals surface area contributed by atoms with E-state index in [1.165, 1.54) is 48.9 Å². The van der Waals surface area contributed by atoms with Crippen LogP contribution in [0.3, 0.4) is 0 Å². The lowest BCUT2D eigenvalue weighted by Gasteiger charge is -2.12. The monoisotopic (exact) mass is 357 g/mol. The van der Waals surface area contributed by atoms with Gasteiger partial charge in [-0.3, -0.25) is 0 Å². The summed E-state index contributed by atoms with van der Waals surface area (Å²) in [5, 5.41) is 8.80. The molecule has 0 spiro atoms. The highest BCUT2D eigenvalue weighted by Crippen LogP contribution is 2.39. The lowest BCUT2D eigenvalue weighted by atomic mass is 9.98. The molecule has 0 N–H and O–H groups in total. The van der Waals surface area contributed by atoms with Gasteiger partial charge >= 0.3 is 0 Å². The molecule has 0 aliphatic rings. The molecule has 7 aromatic rings. The molecule has 0 radical (unpaired) electrons. The van der Waals surface area contributed by atoms with Crippen LogP contribution in [-0.2, 0) is 0 Å². The van der Waals surface area contributed by atoms with Gasteiger partial charge in [-0.2, -0.15) is 0 Å². The third-order valence-electron chi connectivity index (χ3n) is 6.00. The first-order valence-corrected chi connectivity index (χ1v) is 9.53. The highest BCUT2D eigenvalue weighted by atomic mass is 16.3. The van der Waals surface area contributed by atoms with Crippen molar-refractivity contribution < 1.29 is 4.42 Å². The minimum absolute atomic E-state index is 0.923. The van der Waals surface area contributed by atoms with Crippen LogP contribution in [0.15, 0.2) is 95.6 Å². The minimum atomic E-state index is 0.923. The molecule has 3 heterocycles.